The SMILES string of the molecule is C.Nc1ccc(C[C@@H](OC(=O)N2CCC(N3CCc4ccccc4NC3=O)CC2)C(=O)N2CCC(C3CCNCC3)CC2)cc1. The van der Waals surface area contributed by atoms with E-state index in [1.807, 2.05) is 52.3 Å². The molecule has 2 aromatic carbocycles. The number of hydrogen-bond donors (Lipinski definition) is 3. The molecule has 244 valence electrons. The quantitative estimate of drug-likeness (QED) is 0.402. The van der Waals surface area contributed by atoms with Crippen LogP contribution in [0.1, 0.15) is 57.1 Å². The Morgan fingerprint density at radius 3 is 2.20 bits per heavy atom. The fourth-order valence-corrected chi connectivity index (χ4v) is 7.45. The Morgan fingerprint density at radius 1 is 0.844 bits per heavy atom. The van der Waals surface area contributed by atoms with Gasteiger partial charge in [0, 0.05) is 56.6 Å². The van der Waals surface area contributed by atoms with Crippen LogP contribution in [0.15, 0.2) is 48.5 Å². The van der Waals surface area contributed by atoms with Gasteiger partial charge in [-0.25, -0.2) is 9.59 Å². The van der Waals surface area contributed by atoms with E-state index in [4.69, 9.17) is 10.5 Å². The average Bonchev–Trinajstić information content (AvgIpc) is 3.23. The Labute approximate surface area is 267 Å². The molecule has 2 aromatic rings. The zero-order valence-corrected chi connectivity index (χ0v) is 25.6. The maximum Gasteiger partial charge on any atom is 0.410 e. The number of piperidine rings is 3. The first-order valence-electron chi connectivity index (χ1n) is 16.4. The van der Waals surface area contributed by atoms with E-state index in [1.165, 1.54) is 12.8 Å². The van der Waals surface area contributed by atoms with Crippen LogP contribution in [-0.2, 0) is 22.4 Å². The minimum atomic E-state index is -0.894. The van der Waals surface area contributed by atoms with E-state index in [0.29, 0.717) is 63.6 Å². The summed E-state index contributed by atoms with van der Waals surface area (Å²) in [6, 6.07) is 15.3. The number of anilines is 2. The smallest absolute Gasteiger partial charge is 0.410 e. The van der Waals surface area contributed by atoms with Crippen molar-refractivity contribution in [1.82, 2.24) is 20.0 Å². The number of nitrogens with one attached hydrogen (secondary N) is 2. The predicted molar refractivity (Wildman–Crippen MR) is 177 cm³/mol. The van der Waals surface area contributed by atoms with Crippen molar-refractivity contribution in [3.8, 4) is 0 Å². The first-order chi connectivity index (χ1) is 21.4. The Kier molecular flexibility index (Phi) is 10.9. The van der Waals surface area contributed by atoms with E-state index >= 15 is 0 Å². The first kappa shape index (κ1) is 32.6. The third kappa shape index (κ3) is 7.90. The van der Waals surface area contributed by atoms with Crippen LogP contribution in [0.3, 0.4) is 0 Å². The third-order valence-corrected chi connectivity index (χ3v) is 10.1. The molecule has 4 amide bonds. The molecule has 0 unspecified atom stereocenters. The summed E-state index contributed by atoms with van der Waals surface area (Å²) in [7, 11) is 0. The zero-order valence-electron chi connectivity index (χ0n) is 25.6. The fourth-order valence-electron chi connectivity index (χ4n) is 7.45. The van der Waals surface area contributed by atoms with Crippen molar-refractivity contribution >= 4 is 29.4 Å². The van der Waals surface area contributed by atoms with Crippen LogP contribution in [-0.4, -0.2) is 90.7 Å². The van der Waals surface area contributed by atoms with Crippen molar-refractivity contribution in [2.45, 2.75) is 70.9 Å². The van der Waals surface area contributed by atoms with E-state index in [-0.39, 0.29) is 25.4 Å². The number of nitrogen functional groups attached to an aromatic ring is 1. The lowest BCUT2D eigenvalue weighted by atomic mass is 9.79. The lowest BCUT2D eigenvalue weighted by molar-refractivity contribution is -0.142. The molecule has 4 aliphatic heterocycles. The number of carbonyl (C=O) groups is 3. The summed E-state index contributed by atoms with van der Waals surface area (Å²) in [5.74, 6) is 1.27. The highest BCUT2D eigenvalue weighted by Gasteiger charge is 2.36. The molecule has 6 rings (SSSR count). The summed E-state index contributed by atoms with van der Waals surface area (Å²) in [5.41, 5.74) is 9.45. The molecule has 4 N–H and O–H groups in total. The molecule has 10 heteroatoms. The molecule has 10 nitrogen and oxygen atoms in total. The van der Waals surface area contributed by atoms with E-state index < -0.39 is 12.2 Å². The molecular weight excluding hydrogens is 568 g/mol. The third-order valence-electron chi connectivity index (χ3n) is 10.1. The summed E-state index contributed by atoms with van der Waals surface area (Å²) in [4.78, 5) is 45.8. The number of urea groups is 1. The fraction of sp³-hybridized carbons (Fsp3) is 0.571. The number of rotatable bonds is 6. The molecule has 0 aliphatic carbocycles. The summed E-state index contributed by atoms with van der Waals surface area (Å²) >= 11 is 0. The number of para-hydroxylation sites is 1. The highest BCUT2D eigenvalue weighted by molar-refractivity contribution is 5.91. The summed E-state index contributed by atoms with van der Waals surface area (Å²) < 4.78 is 6.01. The van der Waals surface area contributed by atoms with Crippen LogP contribution in [0, 0.1) is 11.8 Å². The molecule has 0 aromatic heterocycles. The number of carbonyl (C=O) groups excluding carboxylic acids is 3. The number of ether oxygens (including phenoxy) is 1. The van der Waals surface area contributed by atoms with E-state index in [1.54, 1.807) is 4.90 Å². The Hall–Kier alpha value is -3.79. The number of amides is 4. The van der Waals surface area contributed by atoms with Gasteiger partial charge in [0.05, 0.1) is 0 Å². The molecule has 1 atom stereocenters. The maximum atomic E-state index is 13.8. The minimum Gasteiger partial charge on any atom is -0.436 e. The monoisotopic (exact) mass is 618 g/mol. The molecule has 4 aliphatic rings. The highest BCUT2D eigenvalue weighted by atomic mass is 16.6. The molecule has 3 fully saturated rings. The van der Waals surface area contributed by atoms with Crippen LogP contribution >= 0.6 is 0 Å². The molecule has 0 bridgehead atoms. The van der Waals surface area contributed by atoms with Crippen LogP contribution in [0.2, 0.25) is 0 Å². The Morgan fingerprint density at radius 2 is 1.49 bits per heavy atom. The van der Waals surface area contributed by atoms with Crippen molar-refractivity contribution in [2.75, 3.05) is 56.9 Å². The number of fused-ring (bicyclic) bond motifs is 1. The number of nitrogens with two attached hydrogens (primary N) is 1. The normalized spacial score (nSPS) is 20.8. The number of hydrogen-bond acceptors (Lipinski definition) is 6. The van der Waals surface area contributed by atoms with Gasteiger partial charge in [0.25, 0.3) is 5.91 Å². The van der Waals surface area contributed by atoms with Crippen LogP contribution in [0.4, 0.5) is 21.0 Å². The summed E-state index contributed by atoms with van der Waals surface area (Å²) in [5, 5.41) is 6.50. The summed E-state index contributed by atoms with van der Waals surface area (Å²) in [6.07, 6.45) is 5.50. The largest absolute Gasteiger partial charge is 0.436 e. The van der Waals surface area contributed by atoms with Gasteiger partial charge < -0.3 is 35.8 Å². The number of benzene rings is 2. The molecule has 45 heavy (non-hydrogen) atoms. The van der Waals surface area contributed by atoms with Gasteiger partial charge in [0.1, 0.15) is 0 Å². The minimum absolute atomic E-state index is 0. The molecule has 0 spiro atoms. The van der Waals surface area contributed by atoms with Gasteiger partial charge in [0.2, 0.25) is 0 Å². The van der Waals surface area contributed by atoms with Gasteiger partial charge in [-0.15, -0.1) is 0 Å². The molecule has 0 saturated carbocycles. The predicted octanol–water partition coefficient (Wildman–Crippen LogP) is 4.75. The molecule has 0 radical (unpaired) electrons. The average molecular weight is 619 g/mol. The van der Waals surface area contributed by atoms with Crippen LogP contribution < -0.4 is 16.4 Å². The lowest BCUT2D eigenvalue weighted by Crippen LogP contribution is -2.52. The van der Waals surface area contributed by atoms with Gasteiger partial charge in [-0.2, -0.15) is 0 Å². The van der Waals surface area contributed by atoms with Gasteiger partial charge in [-0.05, 0) is 99.2 Å². The number of likely N-dealkylation sites (tertiary alicyclic amines) is 2. The number of nitrogens with zero attached hydrogens (tertiary/aromatic N) is 3. The second-order valence-electron chi connectivity index (χ2n) is 12.8. The summed E-state index contributed by atoms with van der Waals surface area (Å²) in [6.45, 7) is 5.17. The Balaban J connectivity index is 0.00000400. The van der Waals surface area contributed by atoms with Crippen molar-refractivity contribution in [2.24, 2.45) is 11.8 Å². The molecular formula is C35H50N6O4. The topological polar surface area (TPSA) is 120 Å². The van der Waals surface area contributed by atoms with Gasteiger partial charge in [0.15, 0.2) is 6.10 Å². The van der Waals surface area contributed by atoms with Gasteiger partial charge >= 0.3 is 12.1 Å². The zero-order chi connectivity index (χ0) is 30.5. The standard InChI is InChI=1S/C34H46N6O4.CH4/c35-28-7-5-24(6-8-28)23-31(32(41)38-18-11-26(12-19-38)25-9-16-36-17-10-25)44-34(43)39-20-14-29(15-21-39)40-22-13-27-3-1-2-4-30(27)37-33(40)42;/h1-8,25-26,29,31,36H,9-23,35H2,(H,37,42);1H4/t31-;/m1./s1. The second-order valence-corrected chi connectivity index (χ2v) is 12.8. The van der Waals surface area contributed by atoms with Gasteiger partial charge in [-0.3, -0.25) is 4.79 Å². The van der Waals surface area contributed by atoms with Crippen molar-refractivity contribution in [1.29, 1.82) is 0 Å². The maximum absolute atomic E-state index is 13.8. The van der Waals surface area contributed by atoms with Crippen molar-refractivity contribution in [3.05, 3.63) is 59.7 Å². The first-order valence-corrected chi connectivity index (χ1v) is 16.4. The van der Waals surface area contributed by atoms with Crippen molar-refractivity contribution in [3.63, 3.8) is 0 Å². The van der Waals surface area contributed by atoms with E-state index in [0.717, 1.165) is 55.1 Å². The van der Waals surface area contributed by atoms with Crippen LogP contribution in [0.5, 0.6) is 0 Å². The van der Waals surface area contributed by atoms with Crippen molar-refractivity contribution < 1.29 is 19.1 Å². The van der Waals surface area contributed by atoms with E-state index in [9.17, 15) is 14.4 Å². The Bertz CT molecular complexity index is 1300. The molecule has 3 saturated heterocycles. The highest BCUT2D eigenvalue weighted by Crippen LogP contribution is 2.31. The van der Waals surface area contributed by atoms with Crippen LogP contribution in [0.25, 0.3) is 0 Å². The lowest BCUT2D eigenvalue weighted by Gasteiger charge is -2.39. The van der Waals surface area contributed by atoms with E-state index in [2.05, 4.69) is 16.7 Å². The molecule has 4 heterocycles. The second kappa shape index (κ2) is 15.0. The van der Waals surface area contributed by atoms with Gasteiger partial charge in [-0.1, -0.05) is 37.8 Å².